The lowest BCUT2D eigenvalue weighted by Gasteiger charge is -2.11. The average molecular weight is 363 g/mol. The van der Waals surface area contributed by atoms with Gasteiger partial charge in [-0.1, -0.05) is 0 Å². The van der Waals surface area contributed by atoms with Crippen molar-refractivity contribution in [1.29, 1.82) is 0 Å². The second kappa shape index (κ2) is 7.58. The average Bonchev–Trinajstić information content (AvgIpc) is 2.32. The third-order valence-electron chi connectivity index (χ3n) is 2.56. The van der Waals surface area contributed by atoms with Crippen molar-refractivity contribution in [2.24, 2.45) is 0 Å². The fourth-order valence-corrected chi connectivity index (χ4v) is 2.23. The predicted octanol–water partition coefficient (Wildman–Crippen LogP) is 3.04. The molecule has 0 aliphatic rings. The quantitative estimate of drug-likeness (QED) is 0.444. The SMILES string of the molecule is COCCCCNc1cc(O)c(C(C)=O)cc1I. The van der Waals surface area contributed by atoms with E-state index in [4.69, 9.17) is 4.74 Å². The molecule has 0 aliphatic heterocycles. The summed E-state index contributed by atoms with van der Waals surface area (Å²) >= 11 is 2.15. The molecule has 0 aliphatic carbocycles. The van der Waals surface area contributed by atoms with Gasteiger partial charge in [0.25, 0.3) is 0 Å². The number of hydrogen-bond acceptors (Lipinski definition) is 4. The molecule has 2 N–H and O–H groups in total. The number of carbonyl (C=O) groups is 1. The number of halogens is 1. The molecule has 1 aromatic rings. The molecule has 0 bridgehead atoms. The highest BCUT2D eigenvalue weighted by atomic mass is 127. The van der Waals surface area contributed by atoms with Crippen molar-refractivity contribution in [3.63, 3.8) is 0 Å². The van der Waals surface area contributed by atoms with Gasteiger partial charge < -0.3 is 15.2 Å². The van der Waals surface area contributed by atoms with Crippen LogP contribution in [0.5, 0.6) is 5.75 Å². The Hall–Kier alpha value is -0.820. The zero-order valence-corrected chi connectivity index (χ0v) is 12.8. The Labute approximate surface area is 121 Å². The lowest BCUT2D eigenvalue weighted by molar-refractivity contribution is 0.101. The van der Waals surface area contributed by atoms with Gasteiger partial charge in [-0.2, -0.15) is 0 Å². The highest BCUT2D eigenvalue weighted by Crippen LogP contribution is 2.28. The van der Waals surface area contributed by atoms with E-state index in [1.165, 1.54) is 6.92 Å². The molecule has 0 atom stereocenters. The Bertz CT molecular complexity index is 421. The summed E-state index contributed by atoms with van der Waals surface area (Å²) in [5.41, 5.74) is 1.22. The van der Waals surface area contributed by atoms with E-state index in [1.54, 1.807) is 19.2 Å². The number of hydrogen-bond donors (Lipinski definition) is 2. The van der Waals surface area contributed by atoms with Crippen LogP contribution in [0.4, 0.5) is 5.69 Å². The van der Waals surface area contributed by atoms with Gasteiger partial charge >= 0.3 is 0 Å². The van der Waals surface area contributed by atoms with E-state index in [0.29, 0.717) is 5.56 Å². The molecular formula is C13H18INO3. The van der Waals surface area contributed by atoms with Gasteiger partial charge in [0.15, 0.2) is 5.78 Å². The Morgan fingerprint density at radius 1 is 1.44 bits per heavy atom. The number of anilines is 1. The maximum Gasteiger partial charge on any atom is 0.163 e. The fourth-order valence-electron chi connectivity index (χ4n) is 1.57. The number of carbonyl (C=O) groups excluding carboxylic acids is 1. The van der Waals surface area contributed by atoms with Crippen LogP contribution in [0.25, 0.3) is 0 Å². The van der Waals surface area contributed by atoms with Gasteiger partial charge in [0, 0.05) is 29.9 Å². The van der Waals surface area contributed by atoms with E-state index < -0.39 is 0 Å². The standard InChI is InChI=1S/C13H18INO3/c1-9(16)10-7-11(14)12(8-13(10)17)15-5-3-4-6-18-2/h7-8,15,17H,3-6H2,1-2H3. The number of methoxy groups -OCH3 is 1. The van der Waals surface area contributed by atoms with Gasteiger partial charge in [-0.05, 0) is 48.4 Å². The third kappa shape index (κ3) is 4.45. The van der Waals surface area contributed by atoms with Gasteiger partial charge in [-0.15, -0.1) is 0 Å². The topological polar surface area (TPSA) is 58.6 Å². The van der Waals surface area contributed by atoms with Crippen LogP contribution in [0.3, 0.4) is 0 Å². The number of ether oxygens (including phenoxy) is 1. The molecule has 0 fully saturated rings. The van der Waals surface area contributed by atoms with Crippen LogP contribution < -0.4 is 5.32 Å². The highest BCUT2D eigenvalue weighted by molar-refractivity contribution is 14.1. The molecule has 0 spiro atoms. The number of Topliss-reactive ketones (excluding diaryl/α,β-unsaturated/α-hetero) is 1. The summed E-state index contributed by atoms with van der Waals surface area (Å²) in [6.45, 7) is 3.02. The fraction of sp³-hybridized carbons (Fsp3) is 0.462. The monoisotopic (exact) mass is 363 g/mol. The minimum absolute atomic E-state index is 0.0299. The van der Waals surface area contributed by atoms with Crippen LogP contribution in [0.1, 0.15) is 30.1 Å². The van der Waals surface area contributed by atoms with Gasteiger partial charge in [0.05, 0.1) is 11.3 Å². The number of ketones is 1. The second-order valence-electron chi connectivity index (χ2n) is 4.03. The molecule has 0 amide bonds. The summed E-state index contributed by atoms with van der Waals surface area (Å²) in [4.78, 5) is 11.3. The van der Waals surface area contributed by atoms with E-state index in [1.807, 2.05) is 0 Å². The first-order valence-corrected chi connectivity index (χ1v) is 6.90. The van der Waals surface area contributed by atoms with Crippen molar-refractivity contribution < 1.29 is 14.6 Å². The molecule has 1 aromatic carbocycles. The molecule has 1 rings (SSSR count). The number of phenolic OH excluding ortho intramolecular Hbond substituents is 1. The van der Waals surface area contributed by atoms with Crippen LogP contribution >= 0.6 is 22.6 Å². The molecule has 0 aromatic heterocycles. The summed E-state index contributed by atoms with van der Waals surface area (Å²) in [6, 6.07) is 3.31. The van der Waals surface area contributed by atoms with Crippen molar-refractivity contribution in [2.75, 3.05) is 25.6 Å². The number of rotatable bonds is 7. The smallest absolute Gasteiger partial charge is 0.163 e. The second-order valence-corrected chi connectivity index (χ2v) is 5.19. The predicted molar refractivity (Wildman–Crippen MR) is 80.4 cm³/mol. The zero-order chi connectivity index (χ0) is 13.5. The first-order chi connectivity index (χ1) is 8.56. The highest BCUT2D eigenvalue weighted by Gasteiger charge is 2.10. The normalized spacial score (nSPS) is 10.4. The van der Waals surface area contributed by atoms with Crippen molar-refractivity contribution in [1.82, 2.24) is 0 Å². The van der Waals surface area contributed by atoms with E-state index >= 15 is 0 Å². The molecule has 18 heavy (non-hydrogen) atoms. The molecule has 5 heteroatoms. The Morgan fingerprint density at radius 3 is 2.78 bits per heavy atom. The third-order valence-corrected chi connectivity index (χ3v) is 3.45. The summed E-state index contributed by atoms with van der Waals surface area (Å²) in [5, 5.41) is 13.0. The van der Waals surface area contributed by atoms with E-state index in [-0.39, 0.29) is 11.5 Å². The number of benzene rings is 1. The Morgan fingerprint density at radius 2 is 2.17 bits per heavy atom. The van der Waals surface area contributed by atoms with Gasteiger partial charge in [0.2, 0.25) is 0 Å². The zero-order valence-electron chi connectivity index (χ0n) is 10.6. The van der Waals surface area contributed by atoms with Crippen molar-refractivity contribution in [3.8, 4) is 5.75 Å². The molecule has 4 nitrogen and oxygen atoms in total. The largest absolute Gasteiger partial charge is 0.507 e. The summed E-state index contributed by atoms with van der Waals surface area (Å²) in [6.07, 6.45) is 2.00. The Balaban J connectivity index is 2.62. The van der Waals surface area contributed by atoms with Gasteiger partial charge in [-0.3, -0.25) is 4.79 Å². The van der Waals surface area contributed by atoms with Gasteiger partial charge in [0.1, 0.15) is 5.75 Å². The molecule has 100 valence electrons. The number of nitrogens with one attached hydrogen (secondary N) is 1. The van der Waals surface area contributed by atoms with E-state index in [0.717, 1.165) is 35.3 Å². The number of aromatic hydroxyl groups is 1. The first-order valence-electron chi connectivity index (χ1n) is 5.82. The van der Waals surface area contributed by atoms with E-state index in [2.05, 4.69) is 27.9 Å². The minimum Gasteiger partial charge on any atom is -0.507 e. The lowest BCUT2D eigenvalue weighted by Crippen LogP contribution is -2.05. The molecular weight excluding hydrogens is 345 g/mol. The summed E-state index contributed by atoms with van der Waals surface area (Å²) < 4.78 is 5.91. The minimum atomic E-state index is -0.128. The van der Waals surface area contributed by atoms with Gasteiger partial charge in [-0.25, -0.2) is 0 Å². The molecule has 0 radical (unpaired) electrons. The molecule has 0 heterocycles. The Kier molecular flexibility index (Phi) is 6.42. The van der Waals surface area contributed by atoms with Crippen LogP contribution in [0, 0.1) is 3.57 Å². The maximum absolute atomic E-state index is 11.3. The molecule has 0 unspecified atom stereocenters. The maximum atomic E-state index is 11.3. The summed E-state index contributed by atoms with van der Waals surface area (Å²) in [5.74, 6) is -0.0978. The van der Waals surface area contributed by atoms with Crippen LogP contribution in [-0.4, -0.2) is 31.2 Å². The van der Waals surface area contributed by atoms with Crippen molar-refractivity contribution in [3.05, 3.63) is 21.3 Å². The van der Waals surface area contributed by atoms with Crippen LogP contribution in [0.15, 0.2) is 12.1 Å². The summed E-state index contributed by atoms with van der Waals surface area (Å²) in [7, 11) is 1.69. The number of phenols is 1. The van der Waals surface area contributed by atoms with E-state index in [9.17, 15) is 9.90 Å². The van der Waals surface area contributed by atoms with Crippen molar-refractivity contribution in [2.45, 2.75) is 19.8 Å². The molecule has 0 saturated carbocycles. The lowest BCUT2D eigenvalue weighted by atomic mass is 10.1. The van der Waals surface area contributed by atoms with Crippen LogP contribution in [0.2, 0.25) is 0 Å². The van der Waals surface area contributed by atoms with Crippen LogP contribution in [-0.2, 0) is 4.74 Å². The molecule has 0 saturated heterocycles. The first kappa shape index (κ1) is 15.2. The van der Waals surface area contributed by atoms with Crippen molar-refractivity contribution >= 4 is 34.1 Å². The number of unbranched alkanes of at least 4 members (excludes halogenated alkanes) is 1.